The Morgan fingerprint density at radius 3 is 2.38 bits per heavy atom. The molecule has 0 radical (unpaired) electrons. The molecule has 1 saturated heterocycles. The Balaban J connectivity index is 1.50. The minimum atomic E-state index is -1.61. The molecule has 1 aliphatic rings. The highest BCUT2D eigenvalue weighted by Crippen LogP contribution is 2.19. The van der Waals surface area contributed by atoms with Gasteiger partial charge in [0.1, 0.15) is 44.3 Å². The number of nitrogens with one attached hydrogen (secondary N) is 3. The molecule has 1 aliphatic heterocycles. The van der Waals surface area contributed by atoms with Crippen molar-refractivity contribution in [2.24, 2.45) is 0 Å². The van der Waals surface area contributed by atoms with Crippen molar-refractivity contribution < 1.29 is 36.9 Å². The first-order valence-electron chi connectivity index (χ1n) is 9.30. The van der Waals surface area contributed by atoms with Crippen molar-refractivity contribution >= 4 is 11.6 Å². The third-order valence-electron chi connectivity index (χ3n) is 5.07. The number of rotatable bonds is 6. The fourth-order valence-electron chi connectivity index (χ4n) is 3.51. The molecule has 0 atom stereocenters. The van der Waals surface area contributed by atoms with Gasteiger partial charge < -0.3 is 19.9 Å². The zero-order valence-corrected chi connectivity index (χ0v) is 16.0. The van der Waals surface area contributed by atoms with E-state index in [1.165, 1.54) is 17.0 Å². The van der Waals surface area contributed by atoms with Gasteiger partial charge in [0, 0.05) is 0 Å². The van der Waals surface area contributed by atoms with Crippen LogP contribution in [-0.4, -0.2) is 45.7 Å². The lowest BCUT2D eigenvalue weighted by molar-refractivity contribution is -1.02. The molecule has 1 heterocycles. The second-order valence-corrected chi connectivity index (χ2v) is 7.08. The maximum Gasteiger partial charge on any atom is 0.279 e. The van der Waals surface area contributed by atoms with Crippen LogP contribution in [0, 0.1) is 23.3 Å². The first-order valence-corrected chi connectivity index (χ1v) is 9.30. The number of carbonyl (C=O) groups excluding carboxylic acids is 1. The van der Waals surface area contributed by atoms with E-state index in [9.17, 15) is 22.4 Å². The van der Waals surface area contributed by atoms with Crippen LogP contribution in [0.3, 0.4) is 0 Å². The zero-order valence-electron chi connectivity index (χ0n) is 16.0. The van der Waals surface area contributed by atoms with E-state index in [1.54, 1.807) is 13.2 Å². The number of halogens is 4. The summed E-state index contributed by atoms with van der Waals surface area (Å²) >= 11 is 0. The van der Waals surface area contributed by atoms with Crippen molar-refractivity contribution in [3.63, 3.8) is 0 Å². The van der Waals surface area contributed by atoms with E-state index in [-0.39, 0.29) is 18.0 Å². The fraction of sp³-hybridized carbons (Fsp3) is 0.350. The Morgan fingerprint density at radius 2 is 1.69 bits per heavy atom. The minimum absolute atomic E-state index is 0.0923. The summed E-state index contributed by atoms with van der Waals surface area (Å²) < 4.78 is 58.7. The van der Waals surface area contributed by atoms with E-state index in [2.05, 4.69) is 5.32 Å². The maximum atomic E-state index is 13.7. The quantitative estimate of drug-likeness (QED) is 0.467. The second kappa shape index (κ2) is 9.23. The molecule has 0 unspecified atom stereocenters. The van der Waals surface area contributed by atoms with Gasteiger partial charge in [-0.05, 0) is 30.3 Å². The predicted molar refractivity (Wildman–Crippen MR) is 97.9 cm³/mol. The van der Waals surface area contributed by atoms with Crippen LogP contribution in [0.5, 0.6) is 5.75 Å². The summed E-state index contributed by atoms with van der Waals surface area (Å²) in [5.41, 5.74) is 0.410. The van der Waals surface area contributed by atoms with Gasteiger partial charge in [0.25, 0.3) is 5.91 Å². The average Bonchev–Trinajstić information content (AvgIpc) is 2.70. The number of hydrogen-bond acceptors (Lipinski definition) is 2. The molecular formula is C20H23F4N3O2+2. The molecule has 1 amide bonds. The summed E-state index contributed by atoms with van der Waals surface area (Å²) in [6.45, 7) is 3.63. The van der Waals surface area contributed by atoms with Gasteiger partial charge in [0.15, 0.2) is 24.0 Å². The molecule has 1 fully saturated rings. The molecule has 0 spiro atoms. The van der Waals surface area contributed by atoms with Crippen molar-refractivity contribution in [1.29, 1.82) is 0 Å². The monoisotopic (exact) mass is 413 g/mol. The largest absolute Gasteiger partial charge is 0.496 e. The van der Waals surface area contributed by atoms with Crippen LogP contribution in [0.2, 0.25) is 0 Å². The molecule has 3 N–H and O–H groups in total. The molecule has 29 heavy (non-hydrogen) atoms. The van der Waals surface area contributed by atoms with Crippen LogP contribution in [0.4, 0.5) is 23.2 Å². The van der Waals surface area contributed by atoms with Gasteiger partial charge >= 0.3 is 0 Å². The molecule has 2 aromatic rings. The number of benzene rings is 2. The van der Waals surface area contributed by atoms with Gasteiger partial charge in [0.05, 0.1) is 18.4 Å². The molecule has 3 rings (SSSR count). The third-order valence-corrected chi connectivity index (χ3v) is 5.07. The smallest absolute Gasteiger partial charge is 0.279 e. The average molecular weight is 413 g/mol. The molecule has 0 aliphatic carbocycles. The number of ether oxygens (including phenoxy) is 1. The molecular weight excluding hydrogens is 390 g/mol. The molecule has 5 nitrogen and oxygen atoms in total. The predicted octanol–water partition coefficient (Wildman–Crippen LogP) is 0.174. The Labute approximate surface area is 165 Å². The first kappa shape index (κ1) is 21.1. The fourth-order valence-corrected chi connectivity index (χ4v) is 3.51. The third kappa shape index (κ3) is 5.24. The molecule has 2 aromatic carbocycles. The van der Waals surface area contributed by atoms with Crippen molar-refractivity contribution in [1.82, 2.24) is 0 Å². The van der Waals surface area contributed by atoms with Crippen LogP contribution >= 0.6 is 0 Å². The Bertz CT molecular complexity index is 886. The number of methoxy groups -OCH3 is 1. The number of quaternary nitrogens is 2. The van der Waals surface area contributed by atoms with Crippen molar-refractivity contribution in [3.05, 3.63) is 59.2 Å². The zero-order chi connectivity index (χ0) is 21.0. The summed E-state index contributed by atoms with van der Waals surface area (Å²) in [5.74, 6) is -4.47. The van der Waals surface area contributed by atoms with Gasteiger partial charge in [-0.25, -0.2) is 17.6 Å². The van der Waals surface area contributed by atoms with Gasteiger partial charge in [-0.1, -0.05) is 0 Å². The topological polar surface area (TPSA) is 47.2 Å². The van der Waals surface area contributed by atoms with Crippen molar-refractivity contribution in [2.75, 3.05) is 45.2 Å². The first-order chi connectivity index (χ1) is 13.9. The summed E-state index contributed by atoms with van der Waals surface area (Å²) in [7, 11) is 1.54. The van der Waals surface area contributed by atoms with Gasteiger partial charge in [-0.3, -0.25) is 4.79 Å². The van der Waals surface area contributed by atoms with E-state index in [0.29, 0.717) is 25.4 Å². The van der Waals surface area contributed by atoms with E-state index in [1.807, 2.05) is 0 Å². The SMILES string of the molecule is COc1ccc(F)cc1C[NH+]1CC[NH+](CC(=O)Nc2ccc(F)c(F)c2F)CC1. The standard InChI is InChI=1S/C20H21F4N3O2/c1-29-17-5-2-14(21)10-13(17)11-26-6-8-27(9-7-26)12-18(28)25-16-4-3-15(22)19(23)20(16)24/h2-5,10H,6-9,11-12H2,1H3,(H,25,28)/p+2. The normalized spacial score (nSPS) is 19.1. The van der Waals surface area contributed by atoms with Crippen LogP contribution in [0.15, 0.2) is 30.3 Å². The van der Waals surface area contributed by atoms with Gasteiger partial charge in [0.2, 0.25) is 0 Å². The van der Waals surface area contributed by atoms with Gasteiger partial charge in [-0.15, -0.1) is 0 Å². The summed E-state index contributed by atoms with van der Waals surface area (Å²) in [4.78, 5) is 14.4. The Kier molecular flexibility index (Phi) is 6.71. The van der Waals surface area contributed by atoms with Crippen molar-refractivity contribution in [3.8, 4) is 5.75 Å². The maximum absolute atomic E-state index is 13.7. The Morgan fingerprint density at radius 1 is 1.00 bits per heavy atom. The molecule has 0 bridgehead atoms. The van der Waals surface area contributed by atoms with Crippen LogP contribution in [-0.2, 0) is 11.3 Å². The van der Waals surface area contributed by atoms with E-state index < -0.39 is 23.4 Å². The van der Waals surface area contributed by atoms with E-state index in [4.69, 9.17) is 4.74 Å². The van der Waals surface area contributed by atoms with E-state index >= 15 is 0 Å². The van der Waals surface area contributed by atoms with Crippen LogP contribution < -0.4 is 19.9 Å². The molecule has 156 valence electrons. The number of hydrogen-bond donors (Lipinski definition) is 3. The number of carbonyl (C=O) groups is 1. The summed E-state index contributed by atoms with van der Waals surface area (Å²) in [5, 5.41) is 2.29. The molecule has 9 heteroatoms. The van der Waals surface area contributed by atoms with Crippen LogP contribution in [0.25, 0.3) is 0 Å². The number of amides is 1. The Hall–Kier alpha value is -2.65. The lowest BCUT2D eigenvalue weighted by Crippen LogP contribution is -3.28. The lowest BCUT2D eigenvalue weighted by Gasteiger charge is -2.29. The minimum Gasteiger partial charge on any atom is -0.496 e. The second-order valence-electron chi connectivity index (χ2n) is 7.08. The highest BCUT2D eigenvalue weighted by atomic mass is 19.2. The number of piperazine rings is 1. The van der Waals surface area contributed by atoms with Crippen LogP contribution in [0.1, 0.15) is 5.56 Å². The highest BCUT2D eigenvalue weighted by molar-refractivity contribution is 5.91. The van der Waals surface area contributed by atoms with Crippen molar-refractivity contribution in [2.45, 2.75) is 6.54 Å². The summed E-state index contributed by atoms with van der Waals surface area (Å²) in [6.07, 6.45) is 0. The van der Waals surface area contributed by atoms with Gasteiger partial charge in [-0.2, -0.15) is 0 Å². The number of anilines is 1. The molecule has 0 aromatic heterocycles. The highest BCUT2D eigenvalue weighted by Gasteiger charge is 2.26. The summed E-state index contributed by atoms with van der Waals surface area (Å²) in [6, 6.07) is 6.19. The van der Waals surface area contributed by atoms with E-state index in [0.717, 1.165) is 35.7 Å². The molecule has 0 saturated carbocycles. The lowest BCUT2D eigenvalue weighted by atomic mass is 10.1.